The van der Waals surface area contributed by atoms with Crippen LogP contribution in [-0.2, 0) is 0 Å². The summed E-state index contributed by atoms with van der Waals surface area (Å²) in [6.07, 6.45) is 12.1. The molecule has 4 heterocycles. The van der Waals surface area contributed by atoms with E-state index in [1.165, 1.54) is 37.2 Å². The minimum atomic E-state index is 0.546. The number of aliphatic imine (C=N–C) groups is 1. The maximum absolute atomic E-state index is 4.90. The molecular weight excluding hydrogens is 284 g/mol. The van der Waals surface area contributed by atoms with Crippen LogP contribution in [0.15, 0.2) is 35.6 Å². The topological polar surface area (TPSA) is 32.9 Å². The van der Waals surface area contributed by atoms with E-state index in [0.29, 0.717) is 11.8 Å². The Bertz CT molecular complexity index is 763. The van der Waals surface area contributed by atoms with Crippen LogP contribution in [-0.4, -0.2) is 40.6 Å². The zero-order valence-electron chi connectivity index (χ0n) is 13.9. The van der Waals surface area contributed by atoms with Gasteiger partial charge in [-0.1, -0.05) is 13.0 Å². The molecule has 4 heteroatoms. The molecule has 0 aromatic carbocycles. The fourth-order valence-electron chi connectivity index (χ4n) is 3.47. The van der Waals surface area contributed by atoms with E-state index in [1.807, 2.05) is 0 Å². The molecule has 2 aromatic heterocycles. The molecule has 4 nitrogen and oxygen atoms in total. The van der Waals surface area contributed by atoms with E-state index in [9.17, 15) is 0 Å². The number of imidazole rings is 1. The first-order chi connectivity index (χ1) is 11.2. The lowest BCUT2D eigenvalue weighted by Gasteiger charge is -2.27. The monoisotopic (exact) mass is 308 g/mol. The molecule has 1 fully saturated rings. The molecule has 0 radical (unpaired) electrons. The molecule has 1 unspecified atom stereocenters. The average molecular weight is 308 g/mol. The lowest BCUT2D eigenvalue weighted by atomic mass is 9.94. The van der Waals surface area contributed by atoms with Crippen molar-refractivity contribution in [1.29, 1.82) is 0 Å². The summed E-state index contributed by atoms with van der Waals surface area (Å²) >= 11 is 0. The first kappa shape index (κ1) is 14.6. The van der Waals surface area contributed by atoms with Crippen LogP contribution in [0.5, 0.6) is 0 Å². The number of fused-ring (bicyclic) bond motifs is 1. The van der Waals surface area contributed by atoms with Gasteiger partial charge in [0.2, 0.25) is 0 Å². The molecule has 0 amide bonds. The van der Waals surface area contributed by atoms with Gasteiger partial charge in [-0.15, -0.1) is 0 Å². The molecule has 0 spiro atoms. The van der Waals surface area contributed by atoms with Crippen molar-refractivity contribution in [3.8, 4) is 0 Å². The lowest BCUT2D eigenvalue weighted by Crippen LogP contribution is -2.29. The van der Waals surface area contributed by atoms with Crippen LogP contribution in [0.3, 0.4) is 0 Å². The van der Waals surface area contributed by atoms with Crippen molar-refractivity contribution in [2.45, 2.75) is 32.1 Å². The van der Waals surface area contributed by atoms with Crippen molar-refractivity contribution in [2.24, 2.45) is 10.9 Å². The molecule has 0 aliphatic carbocycles. The van der Waals surface area contributed by atoms with E-state index in [1.54, 1.807) is 0 Å². The first-order valence-electron chi connectivity index (χ1n) is 8.61. The van der Waals surface area contributed by atoms with Gasteiger partial charge in [0, 0.05) is 30.1 Å². The average Bonchev–Trinajstić information content (AvgIpc) is 2.99. The van der Waals surface area contributed by atoms with Gasteiger partial charge in [-0.05, 0) is 57.5 Å². The molecule has 1 saturated heterocycles. The van der Waals surface area contributed by atoms with Crippen LogP contribution in [0.4, 0.5) is 0 Å². The third kappa shape index (κ3) is 2.95. The van der Waals surface area contributed by atoms with Gasteiger partial charge >= 0.3 is 0 Å². The molecule has 0 N–H and O–H groups in total. The predicted octanol–water partition coefficient (Wildman–Crippen LogP) is 3.60. The van der Waals surface area contributed by atoms with Crippen molar-refractivity contribution in [3.63, 3.8) is 0 Å². The SMILES string of the molecule is CC1C=NC(c2ccn3cc(C4CCN(C)CC4)nc3c2)=CC1. The Balaban J connectivity index is 1.61. The summed E-state index contributed by atoms with van der Waals surface area (Å²) in [5.74, 6) is 1.15. The number of piperidine rings is 1. The van der Waals surface area contributed by atoms with E-state index < -0.39 is 0 Å². The van der Waals surface area contributed by atoms with Crippen molar-refractivity contribution in [2.75, 3.05) is 20.1 Å². The van der Waals surface area contributed by atoms with Gasteiger partial charge in [-0.3, -0.25) is 4.99 Å². The van der Waals surface area contributed by atoms with E-state index >= 15 is 0 Å². The van der Waals surface area contributed by atoms with Crippen LogP contribution in [0.2, 0.25) is 0 Å². The highest BCUT2D eigenvalue weighted by molar-refractivity contribution is 5.78. The van der Waals surface area contributed by atoms with Gasteiger partial charge in [0.05, 0.1) is 11.4 Å². The lowest BCUT2D eigenvalue weighted by molar-refractivity contribution is 0.253. The maximum Gasteiger partial charge on any atom is 0.137 e. The fraction of sp³-hybridized carbons (Fsp3) is 0.474. The van der Waals surface area contributed by atoms with Gasteiger partial charge in [-0.2, -0.15) is 0 Å². The number of likely N-dealkylation sites (tertiary alicyclic amines) is 1. The van der Waals surface area contributed by atoms with Crippen molar-refractivity contribution >= 4 is 17.6 Å². The first-order valence-corrected chi connectivity index (χ1v) is 8.61. The Morgan fingerprint density at radius 3 is 2.78 bits per heavy atom. The van der Waals surface area contributed by atoms with Gasteiger partial charge in [0.15, 0.2) is 0 Å². The number of pyridine rings is 1. The van der Waals surface area contributed by atoms with Gasteiger partial charge in [-0.25, -0.2) is 4.98 Å². The maximum atomic E-state index is 4.90. The highest BCUT2D eigenvalue weighted by atomic mass is 15.1. The zero-order valence-corrected chi connectivity index (χ0v) is 13.9. The summed E-state index contributed by atoms with van der Waals surface area (Å²) in [6, 6.07) is 4.31. The van der Waals surface area contributed by atoms with Crippen LogP contribution >= 0.6 is 0 Å². The largest absolute Gasteiger partial charge is 0.307 e. The molecule has 2 aliphatic heterocycles. The van der Waals surface area contributed by atoms with E-state index in [4.69, 9.17) is 4.98 Å². The third-order valence-electron chi connectivity index (χ3n) is 5.06. The molecule has 2 aliphatic rings. The number of allylic oxidation sites excluding steroid dienone is 1. The molecule has 1 atom stereocenters. The van der Waals surface area contributed by atoms with Crippen LogP contribution in [0, 0.1) is 5.92 Å². The number of rotatable bonds is 2. The second-order valence-electron chi connectivity index (χ2n) is 7.00. The van der Waals surface area contributed by atoms with E-state index in [0.717, 1.165) is 17.8 Å². The Hall–Kier alpha value is -1.94. The molecular formula is C19H24N4. The fourth-order valence-corrected chi connectivity index (χ4v) is 3.47. The van der Waals surface area contributed by atoms with Gasteiger partial charge in [0.25, 0.3) is 0 Å². The Labute approximate surface area is 137 Å². The summed E-state index contributed by atoms with van der Waals surface area (Å²) in [4.78, 5) is 11.9. The van der Waals surface area contributed by atoms with Crippen molar-refractivity contribution < 1.29 is 0 Å². The van der Waals surface area contributed by atoms with Crippen molar-refractivity contribution in [3.05, 3.63) is 41.9 Å². The van der Waals surface area contributed by atoms with Gasteiger partial charge < -0.3 is 9.30 Å². The number of hydrogen-bond acceptors (Lipinski definition) is 3. The minimum Gasteiger partial charge on any atom is -0.307 e. The summed E-state index contributed by atoms with van der Waals surface area (Å²) in [6.45, 7) is 4.54. The highest BCUT2D eigenvalue weighted by Gasteiger charge is 2.21. The normalized spacial score (nSPS) is 23.4. The smallest absolute Gasteiger partial charge is 0.137 e. The Morgan fingerprint density at radius 1 is 1.22 bits per heavy atom. The van der Waals surface area contributed by atoms with E-state index in [2.05, 4.69) is 65.1 Å². The predicted molar refractivity (Wildman–Crippen MR) is 94.9 cm³/mol. The Kier molecular flexibility index (Phi) is 3.77. The number of hydrogen-bond donors (Lipinski definition) is 0. The quantitative estimate of drug-likeness (QED) is 0.849. The summed E-state index contributed by atoms with van der Waals surface area (Å²) in [5, 5.41) is 0. The van der Waals surface area contributed by atoms with Crippen LogP contribution in [0.1, 0.15) is 43.4 Å². The summed E-state index contributed by atoms with van der Waals surface area (Å²) < 4.78 is 2.15. The number of aromatic nitrogens is 2. The molecule has 2 aromatic rings. The molecule has 0 saturated carbocycles. The summed E-state index contributed by atoms with van der Waals surface area (Å²) in [7, 11) is 2.20. The third-order valence-corrected chi connectivity index (χ3v) is 5.06. The summed E-state index contributed by atoms with van der Waals surface area (Å²) in [5.41, 5.74) is 4.52. The standard InChI is InChI=1S/C19H24N4/c1-14-3-4-17(20-12-14)16-7-10-23-13-18(21-19(23)11-16)15-5-8-22(2)9-6-15/h4,7,10-15H,3,5-6,8-9H2,1-2H3. The van der Waals surface area contributed by atoms with Crippen LogP contribution in [0.25, 0.3) is 11.3 Å². The van der Waals surface area contributed by atoms with Crippen LogP contribution < -0.4 is 0 Å². The highest BCUT2D eigenvalue weighted by Crippen LogP contribution is 2.28. The second kappa shape index (κ2) is 5.93. The van der Waals surface area contributed by atoms with E-state index in [-0.39, 0.29) is 0 Å². The molecule has 4 rings (SSSR count). The zero-order chi connectivity index (χ0) is 15.8. The molecule has 23 heavy (non-hydrogen) atoms. The second-order valence-corrected chi connectivity index (χ2v) is 7.00. The minimum absolute atomic E-state index is 0.546. The molecule has 0 bridgehead atoms. The van der Waals surface area contributed by atoms with Gasteiger partial charge in [0.1, 0.15) is 5.65 Å². The number of nitrogens with zero attached hydrogens (tertiary/aromatic N) is 4. The molecule has 120 valence electrons. The van der Waals surface area contributed by atoms with Crippen molar-refractivity contribution in [1.82, 2.24) is 14.3 Å². The Morgan fingerprint density at radius 2 is 2.04 bits per heavy atom.